The second kappa shape index (κ2) is 2.97. The van der Waals surface area contributed by atoms with E-state index in [4.69, 9.17) is 4.55 Å². The van der Waals surface area contributed by atoms with Gasteiger partial charge in [-0.05, 0) is 17.6 Å². The Labute approximate surface area is 68.8 Å². The zero-order valence-corrected chi connectivity index (χ0v) is 7.45. The monoisotopic (exact) mass is 213 g/mol. The predicted molar refractivity (Wildman–Crippen MR) is 40.1 cm³/mol. The Kier molecular flexibility index (Phi) is 2.37. The lowest BCUT2D eigenvalue weighted by Gasteiger charge is -1.90. The van der Waals surface area contributed by atoms with Crippen molar-refractivity contribution in [1.82, 2.24) is 4.37 Å². The van der Waals surface area contributed by atoms with Crippen LogP contribution in [0.1, 0.15) is 0 Å². The van der Waals surface area contributed by atoms with Gasteiger partial charge in [0.2, 0.25) is 0 Å². The van der Waals surface area contributed by atoms with Gasteiger partial charge >= 0.3 is 8.87 Å². The van der Waals surface area contributed by atoms with Crippen LogP contribution in [0.25, 0.3) is 0 Å². The molecule has 1 heterocycles. The molecule has 0 amide bonds. The first-order chi connectivity index (χ1) is 5.05. The lowest BCUT2D eigenvalue weighted by atomic mass is 10.8. The summed E-state index contributed by atoms with van der Waals surface area (Å²) in [5.74, 6) is 0. The molecule has 8 heteroatoms. The largest absolute Gasteiger partial charge is 0.300 e. The number of nitrogens with zero attached hydrogens (tertiary/aromatic N) is 1. The molecule has 1 aromatic heterocycles. The molecule has 0 aliphatic carbocycles. The molecule has 1 N–H and O–H groups in total. The molecule has 1 rings (SSSR count). The number of rotatable bonds is 2. The molecule has 11 heavy (non-hydrogen) atoms. The third-order valence-corrected chi connectivity index (χ3v) is 4.29. The minimum absolute atomic E-state index is 0.358. The summed E-state index contributed by atoms with van der Waals surface area (Å²) in [6.07, 6.45) is 0. The van der Waals surface area contributed by atoms with Crippen LogP contribution in [0.3, 0.4) is 0 Å². The van der Waals surface area contributed by atoms with Gasteiger partial charge in [0, 0.05) is 5.38 Å². The van der Waals surface area contributed by atoms with Gasteiger partial charge in [-0.1, -0.05) is 0 Å². The topological polar surface area (TPSA) is 84.3 Å². The maximum Gasteiger partial charge on any atom is 0.300 e. The van der Waals surface area contributed by atoms with Gasteiger partial charge in [0.25, 0.3) is 10.1 Å². The van der Waals surface area contributed by atoms with Crippen LogP contribution in [-0.4, -0.2) is 21.6 Å². The zero-order valence-electron chi connectivity index (χ0n) is 5.00. The molecule has 0 fully saturated rings. The molecule has 0 saturated heterocycles. The van der Waals surface area contributed by atoms with Crippen molar-refractivity contribution in [2.24, 2.45) is 0 Å². The molecule has 0 aliphatic rings. The summed E-state index contributed by atoms with van der Waals surface area (Å²) in [6.45, 7) is 0. The van der Waals surface area contributed by atoms with Crippen molar-refractivity contribution in [2.45, 2.75) is 5.03 Å². The van der Waals surface area contributed by atoms with Crippen molar-refractivity contribution >= 4 is 30.5 Å². The summed E-state index contributed by atoms with van der Waals surface area (Å²) in [4.78, 5) is 0. The van der Waals surface area contributed by atoms with Gasteiger partial charge in [-0.2, -0.15) is 4.37 Å². The fourth-order valence-corrected chi connectivity index (χ4v) is 2.66. The molecule has 1 unspecified atom stereocenters. The van der Waals surface area contributed by atoms with E-state index in [1.54, 1.807) is 0 Å². The standard InChI is InChI=1S/C3H3NO4S3/c5-10(6)11(7,8)3-1-2-9-4-3/h1-2H,(H,5,6). The zero-order chi connectivity index (χ0) is 8.48. The van der Waals surface area contributed by atoms with Crippen LogP contribution >= 0.6 is 11.5 Å². The summed E-state index contributed by atoms with van der Waals surface area (Å²) < 4.78 is 43.5. The van der Waals surface area contributed by atoms with Gasteiger partial charge in [-0.15, -0.1) is 0 Å². The third kappa shape index (κ3) is 1.64. The molecule has 0 bridgehead atoms. The minimum atomic E-state index is -4.11. The lowest BCUT2D eigenvalue weighted by Crippen LogP contribution is -2.07. The highest BCUT2D eigenvalue weighted by Gasteiger charge is 2.23. The fourth-order valence-electron chi connectivity index (χ4n) is 0.403. The molecule has 0 saturated carbocycles. The summed E-state index contributed by atoms with van der Waals surface area (Å²) in [6, 6.07) is 1.17. The minimum Gasteiger partial charge on any atom is -0.294 e. The molecular weight excluding hydrogens is 210 g/mol. The first kappa shape index (κ1) is 8.78. The van der Waals surface area contributed by atoms with Crippen LogP contribution in [0, 0.1) is 0 Å². The van der Waals surface area contributed by atoms with Crippen molar-refractivity contribution in [1.29, 1.82) is 0 Å². The Hall–Kier alpha value is -0.310. The van der Waals surface area contributed by atoms with E-state index < -0.39 is 19.0 Å². The maximum atomic E-state index is 10.8. The fraction of sp³-hybridized carbons (Fsp3) is 0. The second-order valence-corrected chi connectivity index (χ2v) is 6.11. The quantitative estimate of drug-likeness (QED) is 0.554. The van der Waals surface area contributed by atoms with Crippen LogP contribution in [0.4, 0.5) is 0 Å². The van der Waals surface area contributed by atoms with Crippen molar-refractivity contribution in [3.05, 3.63) is 11.4 Å². The average molecular weight is 213 g/mol. The van der Waals surface area contributed by atoms with Crippen LogP contribution < -0.4 is 0 Å². The van der Waals surface area contributed by atoms with Gasteiger partial charge in [0.1, 0.15) is 0 Å². The van der Waals surface area contributed by atoms with E-state index >= 15 is 0 Å². The Bertz CT molecular complexity index is 352. The van der Waals surface area contributed by atoms with Gasteiger partial charge in [0.05, 0.1) is 0 Å². The summed E-state index contributed by atoms with van der Waals surface area (Å²) >= 11 is 0.909. The van der Waals surface area contributed by atoms with Crippen LogP contribution in [0.15, 0.2) is 16.5 Å². The number of aromatic nitrogens is 1. The first-order valence-electron chi connectivity index (χ1n) is 2.32. The summed E-state index contributed by atoms with van der Waals surface area (Å²) in [5, 5.41) is 1.06. The van der Waals surface area contributed by atoms with Crippen molar-refractivity contribution in [3.8, 4) is 0 Å². The first-order valence-corrected chi connectivity index (χ1v) is 6.26. The number of hydrogen-bond donors (Lipinski definition) is 1. The third-order valence-electron chi connectivity index (χ3n) is 0.858. The molecule has 1 atom stereocenters. The van der Waals surface area contributed by atoms with Crippen molar-refractivity contribution in [3.63, 3.8) is 0 Å². The van der Waals surface area contributed by atoms with Crippen LogP contribution in [0.2, 0.25) is 0 Å². The Morgan fingerprint density at radius 3 is 2.64 bits per heavy atom. The van der Waals surface area contributed by atoms with Crippen molar-refractivity contribution < 1.29 is 17.2 Å². The van der Waals surface area contributed by atoms with Gasteiger partial charge in [0.15, 0.2) is 5.03 Å². The summed E-state index contributed by atoms with van der Waals surface area (Å²) in [5.41, 5.74) is 0. The van der Waals surface area contributed by atoms with E-state index in [1.165, 1.54) is 11.4 Å². The second-order valence-electron chi connectivity index (χ2n) is 1.51. The van der Waals surface area contributed by atoms with Crippen LogP contribution in [-0.2, 0) is 19.0 Å². The molecule has 62 valence electrons. The number of hydrogen-bond acceptors (Lipinski definition) is 5. The molecule has 0 radical (unpaired) electrons. The lowest BCUT2D eigenvalue weighted by molar-refractivity contribution is 0.561. The normalized spacial score (nSPS) is 14.6. The highest BCUT2D eigenvalue weighted by atomic mass is 33.2. The summed E-state index contributed by atoms with van der Waals surface area (Å²) in [7, 11) is -7.00. The van der Waals surface area contributed by atoms with E-state index in [9.17, 15) is 12.6 Å². The molecule has 5 nitrogen and oxygen atoms in total. The molecule has 0 aromatic carbocycles. The van der Waals surface area contributed by atoms with Crippen molar-refractivity contribution in [2.75, 3.05) is 0 Å². The van der Waals surface area contributed by atoms with E-state index in [0.29, 0.717) is 0 Å². The van der Waals surface area contributed by atoms with Crippen LogP contribution in [0.5, 0.6) is 0 Å². The highest BCUT2D eigenvalue weighted by Crippen LogP contribution is 2.11. The van der Waals surface area contributed by atoms with Gasteiger partial charge in [-0.3, -0.25) is 4.55 Å². The van der Waals surface area contributed by atoms with E-state index in [0.717, 1.165) is 11.5 Å². The molecule has 0 aliphatic heterocycles. The Balaban J connectivity index is 3.22. The SMILES string of the molecule is O=S(O)S(=O)(=O)c1ccsn1. The van der Waals surface area contributed by atoms with E-state index in [1.807, 2.05) is 0 Å². The average Bonchev–Trinajstić information content (AvgIpc) is 2.37. The molecule has 1 aromatic rings. The molecule has 0 spiro atoms. The molecular formula is C3H3NO4S3. The predicted octanol–water partition coefficient (Wildman–Crippen LogP) is 0.0535. The highest BCUT2D eigenvalue weighted by molar-refractivity contribution is 8.62. The van der Waals surface area contributed by atoms with Gasteiger partial charge < -0.3 is 0 Å². The smallest absolute Gasteiger partial charge is 0.294 e. The van der Waals surface area contributed by atoms with E-state index in [-0.39, 0.29) is 5.03 Å². The Morgan fingerprint density at radius 2 is 2.27 bits per heavy atom. The Morgan fingerprint density at radius 1 is 1.64 bits per heavy atom. The van der Waals surface area contributed by atoms with E-state index in [2.05, 4.69) is 4.37 Å². The van der Waals surface area contributed by atoms with Gasteiger partial charge in [-0.25, -0.2) is 12.6 Å². The maximum absolute atomic E-state index is 10.8.